The maximum Gasteiger partial charge on any atom is 0.165 e. The van der Waals surface area contributed by atoms with Crippen molar-refractivity contribution in [2.45, 2.75) is 6.61 Å². The van der Waals surface area contributed by atoms with Gasteiger partial charge in [0.2, 0.25) is 0 Å². The van der Waals surface area contributed by atoms with Crippen LogP contribution in [0.4, 0.5) is 4.39 Å². The molecule has 0 bridgehead atoms. The van der Waals surface area contributed by atoms with Crippen molar-refractivity contribution in [3.8, 4) is 5.75 Å². The first kappa shape index (κ1) is 13.2. The summed E-state index contributed by atoms with van der Waals surface area (Å²) in [5.74, 6) is -0.408. The molecule has 0 N–H and O–H groups in total. The third-order valence-corrected chi connectivity index (χ3v) is 3.15. The van der Waals surface area contributed by atoms with Crippen LogP contribution in [0.3, 0.4) is 0 Å². The van der Waals surface area contributed by atoms with E-state index >= 15 is 0 Å². The Balaban J connectivity index is 1.78. The number of carbonyl (C=O) groups is 1. The lowest BCUT2D eigenvalue weighted by atomic mass is 10.1. The summed E-state index contributed by atoms with van der Waals surface area (Å²) < 4.78 is 19.2. The van der Waals surface area contributed by atoms with Crippen LogP contribution in [-0.2, 0) is 6.61 Å². The number of aromatic nitrogens is 1. The Labute approximate surface area is 121 Å². The second-order valence-corrected chi connectivity index (χ2v) is 4.63. The summed E-state index contributed by atoms with van der Waals surface area (Å²) in [5, 5.41) is 1.01. The van der Waals surface area contributed by atoms with Gasteiger partial charge in [-0.05, 0) is 42.0 Å². The van der Waals surface area contributed by atoms with Gasteiger partial charge >= 0.3 is 0 Å². The molecular weight excluding hydrogens is 269 g/mol. The first-order valence-electron chi connectivity index (χ1n) is 6.47. The number of pyridine rings is 1. The molecule has 0 aliphatic carbocycles. The zero-order valence-corrected chi connectivity index (χ0v) is 11.1. The van der Waals surface area contributed by atoms with Gasteiger partial charge in [0.05, 0.1) is 5.52 Å². The lowest BCUT2D eigenvalue weighted by Crippen LogP contribution is -1.98. The van der Waals surface area contributed by atoms with Crippen LogP contribution in [0.1, 0.15) is 15.9 Å². The number of benzene rings is 2. The number of rotatable bonds is 4. The molecule has 0 saturated carbocycles. The molecule has 4 heteroatoms. The van der Waals surface area contributed by atoms with Crippen LogP contribution < -0.4 is 4.74 Å². The zero-order chi connectivity index (χ0) is 14.7. The van der Waals surface area contributed by atoms with E-state index in [4.69, 9.17) is 4.74 Å². The van der Waals surface area contributed by atoms with Crippen LogP contribution in [0, 0.1) is 5.82 Å². The van der Waals surface area contributed by atoms with Gasteiger partial charge in [0, 0.05) is 17.1 Å². The van der Waals surface area contributed by atoms with Crippen LogP contribution in [0.15, 0.2) is 54.7 Å². The molecule has 0 unspecified atom stereocenters. The summed E-state index contributed by atoms with van der Waals surface area (Å²) in [6.45, 7) is 0.252. The van der Waals surface area contributed by atoms with Crippen molar-refractivity contribution in [2.24, 2.45) is 0 Å². The summed E-state index contributed by atoms with van der Waals surface area (Å²) in [4.78, 5) is 14.8. The van der Waals surface area contributed by atoms with Gasteiger partial charge < -0.3 is 4.74 Å². The zero-order valence-electron chi connectivity index (χ0n) is 11.1. The first-order valence-corrected chi connectivity index (χ1v) is 6.47. The van der Waals surface area contributed by atoms with E-state index < -0.39 is 5.82 Å². The van der Waals surface area contributed by atoms with Gasteiger partial charge in [-0.2, -0.15) is 0 Å². The quantitative estimate of drug-likeness (QED) is 0.683. The van der Waals surface area contributed by atoms with Crippen LogP contribution in [0.5, 0.6) is 5.75 Å². The third-order valence-electron chi connectivity index (χ3n) is 3.15. The number of ether oxygens (including phenoxy) is 1. The summed E-state index contributed by atoms with van der Waals surface area (Å²) in [6, 6.07) is 13.7. The molecule has 0 fully saturated rings. The van der Waals surface area contributed by atoms with Crippen molar-refractivity contribution >= 4 is 17.2 Å². The van der Waals surface area contributed by atoms with E-state index in [1.807, 2.05) is 30.3 Å². The maximum absolute atomic E-state index is 13.7. The third kappa shape index (κ3) is 2.89. The minimum absolute atomic E-state index is 0.131. The number of hydrogen-bond acceptors (Lipinski definition) is 3. The van der Waals surface area contributed by atoms with Crippen LogP contribution in [0.2, 0.25) is 0 Å². The summed E-state index contributed by atoms with van der Waals surface area (Å²) in [7, 11) is 0. The molecule has 0 aliphatic rings. The van der Waals surface area contributed by atoms with E-state index in [2.05, 4.69) is 4.98 Å². The highest BCUT2D eigenvalue weighted by Gasteiger charge is 2.05. The molecule has 0 spiro atoms. The molecule has 0 atom stereocenters. The molecule has 3 nitrogen and oxygen atoms in total. The maximum atomic E-state index is 13.7. The predicted molar refractivity (Wildman–Crippen MR) is 77.9 cm³/mol. The smallest absolute Gasteiger partial charge is 0.165 e. The van der Waals surface area contributed by atoms with Crippen LogP contribution >= 0.6 is 0 Å². The molecule has 3 aromatic rings. The van der Waals surface area contributed by atoms with E-state index in [1.165, 1.54) is 12.1 Å². The second-order valence-electron chi connectivity index (χ2n) is 4.63. The normalized spacial score (nSPS) is 10.5. The SMILES string of the molecule is O=Cc1ccc(OCc2ccc3ncccc3c2)c(F)c1. The highest BCUT2D eigenvalue weighted by atomic mass is 19.1. The predicted octanol–water partition coefficient (Wildman–Crippen LogP) is 3.77. The van der Waals surface area contributed by atoms with Crippen molar-refractivity contribution in [2.75, 3.05) is 0 Å². The Kier molecular flexibility index (Phi) is 3.60. The Morgan fingerprint density at radius 1 is 1.14 bits per heavy atom. The van der Waals surface area contributed by atoms with Gasteiger partial charge in [0.25, 0.3) is 0 Å². The fourth-order valence-corrected chi connectivity index (χ4v) is 2.08. The average Bonchev–Trinajstić information content (AvgIpc) is 2.53. The Morgan fingerprint density at radius 3 is 2.86 bits per heavy atom. The molecule has 1 heterocycles. The number of aldehydes is 1. The van der Waals surface area contributed by atoms with E-state index in [1.54, 1.807) is 6.20 Å². The first-order chi connectivity index (χ1) is 10.3. The average molecular weight is 281 g/mol. The standard InChI is InChI=1S/C17H12FNO2/c18-15-9-12(10-20)4-6-17(15)21-11-13-3-5-16-14(8-13)2-1-7-19-16/h1-10H,11H2. The molecule has 21 heavy (non-hydrogen) atoms. The molecule has 0 saturated heterocycles. The highest BCUT2D eigenvalue weighted by Crippen LogP contribution is 2.20. The van der Waals surface area contributed by atoms with Crippen LogP contribution in [-0.4, -0.2) is 11.3 Å². The Morgan fingerprint density at radius 2 is 2.05 bits per heavy atom. The molecule has 0 aliphatic heterocycles. The largest absolute Gasteiger partial charge is 0.486 e. The van der Waals surface area contributed by atoms with E-state index in [0.29, 0.717) is 6.29 Å². The molecule has 0 radical (unpaired) electrons. The monoisotopic (exact) mass is 281 g/mol. The second kappa shape index (κ2) is 5.71. The van der Waals surface area contributed by atoms with Crippen molar-refractivity contribution in [3.63, 3.8) is 0 Å². The van der Waals surface area contributed by atoms with Gasteiger partial charge in [-0.25, -0.2) is 4.39 Å². The van der Waals surface area contributed by atoms with Gasteiger partial charge in [-0.1, -0.05) is 12.1 Å². The number of carbonyl (C=O) groups excluding carboxylic acids is 1. The highest BCUT2D eigenvalue weighted by molar-refractivity contribution is 5.78. The molecule has 3 rings (SSSR count). The van der Waals surface area contributed by atoms with E-state index in [0.717, 1.165) is 22.5 Å². The lowest BCUT2D eigenvalue weighted by molar-refractivity contribution is 0.112. The van der Waals surface area contributed by atoms with Gasteiger partial charge in [-0.15, -0.1) is 0 Å². The van der Waals surface area contributed by atoms with Crippen LogP contribution in [0.25, 0.3) is 10.9 Å². The minimum atomic E-state index is -0.540. The van der Waals surface area contributed by atoms with Crippen molar-refractivity contribution in [3.05, 3.63) is 71.7 Å². The lowest BCUT2D eigenvalue weighted by Gasteiger charge is -2.08. The Bertz CT molecular complexity index is 802. The van der Waals surface area contributed by atoms with Crippen molar-refractivity contribution in [1.29, 1.82) is 0 Å². The molecule has 2 aromatic carbocycles. The fourth-order valence-electron chi connectivity index (χ4n) is 2.08. The summed E-state index contributed by atoms with van der Waals surface area (Å²) in [6.07, 6.45) is 2.34. The van der Waals surface area contributed by atoms with Gasteiger partial charge in [0.15, 0.2) is 11.6 Å². The number of nitrogens with zero attached hydrogens (tertiary/aromatic N) is 1. The fraction of sp³-hybridized carbons (Fsp3) is 0.0588. The van der Waals surface area contributed by atoms with Gasteiger partial charge in [-0.3, -0.25) is 9.78 Å². The topological polar surface area (TPSA) is 39.2 Å². The van der Waals surface area contributed by atoms with E-state index in [-0.39, 0.29) is 17.9 Å². The number of halogens is 1. The number of hydrogen-bond donors (Lipinski definition) is 0. The number of fused-ring (bicyclic) bond motifs is 1. The molecule has 104 valence electrons. The molecule has 1 aromatic heterocycles. The Hall–Kier alpha value is -2.75. The molecule has 0 amide bonds. The summed E-state index contributed by atoms with van der Waals surface area (Å²) >= 11 is 0. The van der Waals surface area contributed by atoms with E-state index in [9.17, 15) is 9.18 Å². The molecular formula is C17H12FNO2. The summed E-state index contributed by atoms with van der Waals surface area (Å²) in [5.41, 5.74) is 2.12. The van der Waals surface area contributed by atoms with Gasteiger partial charge in [0.1, 0.15) is 12.9 Å². The van der Waals surface area contributed by atoms with Crippen molar-refractivity contribution < 1.29 is 13.9 Å². The minimum Gasteiger partial charge on any atom is -0.486 e. The van der Waals surface area contributed by atoms with Crippen molar-refractivity contribution in [1.82, 2.24) is 4.98 Å².